The fourth-order valence-electron chi connectivity index (χ4n) is 2.60. The van der Waals surface area contributed by atoms with E-state index in [4.69, 9.17) is 0 Å². The molecule has 0 bridgehead atoms. The Balaban J connectivity index is 2.02. The lowest BCUT2D eigenvalue weighted by Crippen LogP contribution is -2.53. The van der Waals surface area contributed by atoms with Crippen LogP contribution in [0.25, 0.3) is 10.9 Å². The van der Waals surface area contributed by atoms with E-state index in [1.807, 2.05) is 31.2 Å². The van der Waals surface area contributed by atoms with Crippen LogP contribution in [0.3, 0.4) is 0 Å². The summed E-state index contributed by atoms with van der Waals surface area (Å²) in [5.74, 6) is -0.189. The molecule has 0 aliphatic carbocycles. The van der Waals surface area contributed by atoms with Crippen molar-refractivity contribution in [3.05, 3.63) is 46.2 Å². The predicted octanol–water partition coefficient (Wildman–Crippen LogP) is 0.962. The SMILES string of the molecule is C[C@@H]1CNCCN1C(=O)c1cc2ccccc2[nH]c1=O. The number of rotatable bonds is 1. The smallest absolute Gasteiger partial charge is 0.261 e. The molecule has 1 atom stereocenters. The van der Waals surface area contributed by atoms with Crippen molar-refractivity contribution in [1.29, 1.82) is 0 Å². The van der Waals surface area contributed by atoms with Crippen LogP contribution in [-0.4, -0.2) is 41.5 Å². The fraction of sp³-hybridized carbons (Fsp3) is 0.333. The Bertz CT molecular complexity index is 708. The number of piperazine rings is 1. The normalized spacial score (nSPS) is 19.2. The highest BCUT2D eigenvalue weighted by Crippen LogP contribution is 2.13. The number of aromatic nitrogens is 1. The second-order valence-corrected chi connectivity index (χ2v) is 5.15. The molecule has 1 aliphatic heterocycles. The molecule has 0 unspecified atom stereocenters. The number of nitrogens with one attached hydrogen (secondary N) is 2. The Morgan fingerprint density at radius 2 is 2.15 bits per heavy atom. The van der Waals surface area contributed by atoms with Gasteiger partial charge in [-0.15, -0.1) is 0 Å². The molecule has 1 amide bonds. The zero-order valence-corrected chi connectivity index (χ0v) is 11.3. The maximum atomic E-state index is 12.6. The molecule has 3 rings (SSSR count). The van der Waals surface area contributed by atoms with Crippen molar-refractivity contribution in [2.45, 2.75) is 13.0 Å². The van der Waals surface area contributed by atoms with Crippen molar-refractivity contribution < 1.29 is 4.79 Å². The maximum absolute atomic E-state index is 12.6. The zero-order chi connectivity index (χ0) is 14.1. The van der Waals surface area contributed by atoms with Gasteiger partial charge in [-0.25, -0.2) is 0 Å². The molecule has 2 N–H and O–H groups in total. The number of amides is 1. The first kappa shape index (κ1) is 12.9. The van der Waals surface area contributed by atoms with Crippen LogP contribution >= 0.6 is 0 Å². The van der Waals surface area contributed by atoms with Gasteiger partial charge in [-0.05, 0) is 24.4 Å². The van der Waals surface area contributed by atoms with Gasteiger partial charge < -0.3 is 15.2 Å². The monoisotopic (exact) mass is 271 g/mol. The minimum Gasteiger partial charge on any atom is -0.333 e. The highest BCUT2D eigenvalue weighted by atomic mass is 16.2. The van der Waals surface area contributed by atoms with E-state index >= 15 is 0 Å². The second kappa shape index (κ2) is 5.09. The molecule has 0 radical (unpaired) electrons. The second-order valence-electron chi connectivity index (χ2n) is 5.15. The van der Waals surface area contributed by atoms with Crippen LogP contribution in [0.15, 0.2) is 35.1 Å². The number of H-pyrrole nitrogens is 1. The van der Waals surface area contributed by atoms with Gasteiger partial charge in [0.1, 0.15) is 5.56 Å². The summed E-state index contributed by atoms with van der Waals surface area (Å²) >= 11 is 0. The molecule has 1 fully saturated rings. The van der Waals surface area contributed by atoms with Crippen LogP contribution in [0.2, 0.25) is 0 Å². The summed E-state index contributed by atoms with van der Waals surface area (Å²) < 4.78 is 0. The highest BCUT2D eigenvalue weighted by molar-refractivity contribution is 5.97. The van der Waals surface area contributed by atoms with Gasteiger partial charge in [0.25, 0.3) is 11.5 Å². The van der Waals surface area contributed by atoms with E-state index in [2.05, 4.69) is 10.3 Å². The Labute approximate surface area is 116 Å². The van der Waals surface area contributed by atoms with Crippen molar-refractivity contribution in [3.8, 4) is 0 Å². The van der Waals surface area contributed by atoms with Gasteiger partial charge >= 0.3 is 0 Å². The molecule has 1 aromatic heterocycles. The van der Waals surface area contributed by atoms with Crippen LogP contribution in [0.1, 0.15) is 17.3 Å². The molecule has 5 heteroatoms. The number of nitrogens with zero attached hydrogens (tertiary/aromatic N) is 1. The molecule has 5 nitrogen and oxygen atoms in total. The van der Waals surface area contributed by atoms with Gasteiger partial charge in [-0.2, -0.15) is 0 Å². The van der Waals surface area contributed by atoms with Gasteiger partial charge in [-0.3, -0.25) is 9.59 Å². The Kier molecular flexibility index (Phi) is 3.28. The van der Waals surface area contributed by atoms with E-state index < -0.39 is 0 Å². The number of fused-ring (bicyclic) bond motifs is 1. The van der Waals surface area contributed by atoms with E-state index in [-0.39, 0.29) is 23.1 Å². The number of carbonyl (C=O) groups is 1. The number of carbonyl (C=O) groups excluding carboxylic acids is 1. The van der Waals surface area contributed by atoms with E-state index in [1.54, 1.807) is 11.0 Å². The standard InChI is InChI=1S/C15H17N3O2/c1-10-9-16-6-7-18(10)15(20)12-8-11-4-2-3-5-13(11)17-14(12)19/h2-5,8,10,16H,6-7,9H2,1H3,(H,17,19)/t10-/m1/s1. The molecule has 1 aromatic carbocycles. The minimum atomic E-state index is -0.320. The molecule has 2 heterocycles. The topological polar surface area (TPSA) is 65.2 Å². The number of pyridine rings is 1. The average molecular weight is 271 g/mol. The van der Waals surface area contributed by atoms with E-state index in [0.717, 1.165) is 24.0 Å². The van der Waals surface area contributed by atoms with Crippen LogP contribution in [0, 0.1) is 0 Å². The first-order chi connectivity index (χ1) is 9.66. The van der Waals surface area contributed by atoms with Crippen molar-refractivity contribution in [2.75, 3.05) is 19.6 Å². The van der Waals surface area contributed by atoms with Crippen molar-refractivity contribution in [1.82, 2.24) is 15.2 Å². The minimum absolute atomic E-state index is 0.0992. The molecule has 1 saturated heterocycles. The van der Waals surface area contributed by atoms with Gasteiger partial charge in [0.15, 0.2) is 0 Å². The number of para-hydroxylation sites is 1. The zero-order valence-electron chi connectivity index (χ0n) is 11.3. The van der Waals surface area contributed by atoms with Gasteiger partial charge in [0.05, 0.1) is 0 Å². The number of hydrogen-bond donors (Lipinski definition) is 2. The number of aromatic amines is 1. The third-order valence-electron chi connectivity index (χ3n) is 3.75. The molecule has 1 aliphatic rings. The van der Waals surface area contributed by atoms with Gasteiger partial charge in [0.2, 0.25) is 0 Å². The van der Waals surface area contributed by atoms with Crippen molar-refractivity contribution in [2.24, 2.45) is 0 Å². The average Bonchev–Trinajstić information content (AvgIpc) is 2.46. The molecule has 2 aromatic rings. The lowest BCUT2D eigenvalue weighted by Gasteiger charge is -2.33. The van der Waals surface area contributed by atoms with Crippen LogP contribution in [-0.2, 0) is 0 Å². The summed E-state index contributed by atoms with van der Waals surface area (Å²) in [5.41, 5.74) is 0.652. The first-order valence-corrected chi connectivity index (χ1v) is 6.80. The molecular formula is C15H17N3O2. The van der Waals surface area contributed by atoms with Gasteiger partial charge in [-0.1, -0.05) is 18.2 Å². The Morgan fingerprint density at radius 1 is 1.35 bits per heavy atom. The summed E-state index contributed by atoms with van der Waals surface area (Å²) in [6, 6.07) is 9.26. The highest BCUT2D eigenvalue weighted by Gasteiger charge is 2.25. The summed E-state index contributed by atoms with van der Waals surface area (Å²) in [6.45, 7) is 4.14. The van der Waals surface area contributed by atoms with Crippen LogP contribution in [0.4, 0.5) is 0 Å². The van der Waals surface area contributed by atoms with Crippen molar-refractivity contribution >= 4 is 16.8 Å². The summed E-state index contributed by atoms with van der Waals surface area (Å²) in [4.78, 5) is 29.2. The van der Waals surface area contributed by atoms with Crippen LogP contribution in [0.5, 0.6) is 0 Å². The third-order valence-corrected chi connectivity index (χ3v) is 3.75. The molecule has 0 spiro atoms. The van der Waals surface area contributed by atoms with E-state index in [9.17, 15) is 9.59 Å². The van der Waals surface area contributed by atoms with Crippen LogP contribution < -0.4 is 10.9 Å². The Hall–Kier alpha value is -2.14. The van der Waals surface area contributed by atoms with E-state index in [1.165, 1.54) is 0 Å². The van der Waals surface area contributed by atoms with Gasteiger partial charge in [0, 0.05) is 31.2 Å². The summed E-state index contributed by atoms with van der Waals surface area (Å²) in [7, 11) is 0. The fourth-order valence-corrected chi connectivity index (χ4v) is 2.60. The summed E-state index contributed by atoms with van der Waals surface area (Å²) in [5, 5.41) is 4.11. The quantitative estimate of drug-likeness (QED) is 0.812. The number of hydrogen-bond acceptors (Lipinski definition) is 3. The maximum Gasteiger partial charge on any atom is 0.261 e. The van der Waals surface area contributed by atoms with Crippen molar-refractivity contribution in [3.63, 3.8) is 0 Å². The number of benzene rings is 1. The largest absolute Gasteiger partial charge is 0.333 e. The molecule has 20 heavy (non-hydrogen) atoms. The molecular weight excluding hydrogens is 254 g/mol. The molecule has 0 saturated carbocycles. The van der Waals surface area contributed by atoms with E-state index in [0.29, 0.717) is 6.54 Å². The lowest BCUT2D eigenvalue weighted by atomic mass is 10.1. The predicted molar refractivity (Wildman–Crippen MR) is 77.9 cm³/mol. The Morgan fingerprint density at radius 3 is 2.95 bits per heavy atom. The molecule has 104 valence electrons. The summed E-state index contributed by atoms with van der Waals surface area (Å²) in [6.07, 6.45) is 0. The first-order valence-electron chi connectivity index (χ1n) is 6.80. The third kappa shape index (κ3) is 2.20. The lowest BCUT2D eigenvalue weighted by molar-refractivity contribution is 0.0654.